The highest BCUT2D eigenvalue weighted by Gasteiger charge is 2.22. The van der Waals surface area contributed by atoms with Crippen molar-refractivity contribution in [3.05, 3.63) is 12.4 Å². The van der Waals surface area contributed by atoms with Crippen LogP contribution in [-0.2, 0) is 7.05 Å². The van der Waals surface area contributed by atoms with E-state index in [-0.39, 0.29) is 0 Å². The molecule has 86 valence electrons. The Morgan fingerprint density at radius 3 is 2.87 bits per heavy atom. The van der Waals surface area contributed by atoms with Gasteiger partial charge in [0.15, 0.2) is 5.16 Å². The highest BCUT2D eigenvalue weighted by atomic mass is 32.2. The predicted octanol–water partition coefficient (Wildman–Crippen LogP) is 1.00. The number of thioether (sulfide) groups is 1. The third-order valence-electron chi connectivity index (χ3n) is 2.25. The third kappa shape index (κ3) is 3.85. The lowest BCUT2D eigenvalue weighted by Gasteiger charge is -2.24. The monoisotopic (exact) mass is 229 g/mol. The van der Waals surface area contributed by atoms with Gasteiger partial charge in [-0.15, -0.1) is 0 Å². The molecule has 1 aromatic rings. The standard InChI is InChI=1S/C10H19N3OS/c1-8(6-10(2,14)7-11)15-9-12-4-5-13(9)3/h4-5,8,14H,6-7,11H2,1-3H3. The normalized spacial score (nSPS) is 17.4. The van der Waals surface area contributed by atoms with Crippen LogP contribution in [0.2, 0.25) is 0 Å². The van der Waals surface area contributed by atoms with E-state index >= 15 is 0 Å². The van der Waals surface area contributed by atoms with Gasteiger partial charge >= 0.3 is 0 Å². The lowest BCUT2D eigenvalue weighted by atomic mass is 10.0. The minimum absolute atomic E-state index is 0.290. The van der Waals surface area contributed by atoms with Crippen LogP contribution < -0.4 is 5.73 Å². The van der Waals surface area contributed by atoms with Gasteiger partial charge in [0.05, 0.1) is 5.60 Å². The van der Waals surface area contributed by atoms with E-state index in [0.717, 1.165) is 5.16 Å². The van der Waals surface area contributed by atoms with Crippen LogP contribution in [-0.4, -0.2) is 32.1 Å². The molecule has 15 heavy (non-hydrogen) atoms. The van der Waals surface area contributed by atoms with Crippen LogP contribution in [0.1, 0.15) is 20.3 Å². The van der Waals surface area contributed by atoms with Crippen LogP contribution in [0.25, 0.3) is 0 Å². The predicted molar refractivity (Wildman–Crippen MR) is 62.8 cm³/mol. The van der Waals surface area contributed by atoms with Crippen LogP contribution in [0.3, 0.4) is 0 Å². The first-order chi connectivity index (χ1) is 6.94. The molecular formula is C10H19N3OS. The Balaban J connectivity index is 2.50. The quantitative estimate of drug-likeness (QED) is 0.739. The van der Waals surface area contributed by atoms with Crippen LogP contribution in [0.4, 0.5) is 0 Å². The summed E-state index contributed by atoms with van der Waals surface area (Å²) in [6.45, 7) is 4.13. The van der Waals surface area contributed by atoms with Gasteiger partial charge in [0.1, 0.15) is 0 Å². The zero-order valence-corrected chi connectivity index (χ0v) is 10.3. The Morgan fingerprint density at radius 1 is 1.73 bits per heavy atom. The van der Waals surface area contributed by atoms with Crippen LogP contribution in [0.5, 0.6) is 0 Å². The van der Waals surface area contributed by atoms with E-state index in [0.29, 0.717) is 18.2 Å². The van der Waals surface area contributed by atoms with Crippen molar-refractivity contribution >= 4 is 11.8 Å². The van der Waals surface area contributed by atoms with Crippen LogP contribution >= 0.6 is 11.8 Å². The molecule has 0 aromatic carbocycles. The first kappa shape index (κ1) is 12.5. The molecule has 3 N–H and O–H groups in total. The number of aliphatic hydroxyl groups is 1. The first-order valence-electron chi connectivity index (χ1n) is 5.01. The molecule has 1 heterocycles. The van der Waals surface area contributed by atoms with Crippen molar-refractivity contribution in [3.8, 4) is 0 Å². The van der Waals surface area contributed by atoms with Crippen molar-refractivity contribution in [2.75, 3.05) is 6.54 Å². The molecule has 0 fully saturated rings. The smallest absolute Gasteiger partial charge is 0.167 e. The summed E-state index contributed by atoms with van der Waals surface area (Å²) in [4.78, 5) is 4.22. The SMILES string of the molecule is CC(CC(C)(O)CN)Sc1nccn1C. The first-order valence-corrected chi connectivity index (χ1v) is 5.89. The summed E-state index contributed by atoms with van der Waals surface area (Å²) in [5.41, 5.74) is 4.70. The molecule has 1 rings (SSSR count). The zero-order valence-electron chi connectivity index (χ0n) is 9.47. The average molecular weight is 229 g/mol. The number of hydrogen-bond acceptors (Lipinski definition) is 4. The van der Waals surface area contributed by atoms with E-state index < -0.39 is 5.60 Å². The molecular weight excluding hydrogens is 210 g/mol. The fourth-order valence-electron chi connectivity index (χ4n) is 1.39. The van der Waals surface area contributed by atoms with Crippen molar-refractivity contribution in [1.29, 1.82) is 0 Å². The van der Waals surface area contributed by atoms with Crippen LogP contribution in [0, 0.1) is 0 Å². The molecule has 2 unspecified atom stereocenters. The van der Waals surface area contributed by atoms with Gasteiger partial charge in [-0.1, -0.05) is 18.7 Å². The molecule has 0 aliphatic heterocycles. The number of imidazole rings is 1. The van der Waals surface area contributed by atoms with Gasteiger partial charge in [0.25, 0.3) is 0 Å². The van der Waals surface area contributed by atoms with Crippen molar-refractivity contribution < 1.29 is 5.11 Å². The molecule has 0 saturated carbocycles. The van der Waals surface area contributed by atoms with Gasteiger partial charge in [0.2, 0.25) is 0 Å². The lowest BCUT2D eigenvalue weighted by molar-refractivity contribution is 0.0608. The molecule has 0 aliphatic carbocycles. The van der Waals surface area contributed by atoms with Gasteiger partial charge in [0, 0.05) is 31.2 Å². The summed E-state index contributed by atoms with van der Waals surface area (Å²) in [6, 6.07) is 0. The Kier molecular flexibility index (Phi) is 4.19. The summed E-state index contributed by atoms with van der Waals surface area (Å²) >= 11 is 1.66. The lowest BCUT2D eigenvalue weighted by Crippen LogP contribution is -2.36. The Bertz CT molecular complexity index is 311. The van der Waals surface area contributed by atoms with E-state index in [1.165, 1.54) is 0 Å². The molecule has 4 nitrogen and oxygen atoms in total. The van der Waals surface area contributed by atoms with E-state index in [9.17, 15) is 5.11 Å². The van der Waals surface area contributed by atoms with Gasteiger partial charge in [-0.2, -0.15) is 0 Å². The van der Waals surface area contributed by atoms with E-state index in [4.69, 9.17) is 5.73 Å². The fraction of sp³-hybridized carbons (Fsp3) is 0.700. The molecule has 2 atom stereocenters. The van der Waals surface area contributed by atoms with Gasteiger partial charge < -0.3 is 15.4 Å². The summed E-state index contributed by atoms with van der Waals surface area (Å²) in [6.07, 6.45) is 4.35. The van der Waals surface area contributed by atoms with E-state index in [1.807, 2.05) is 17.8 Å². The Labute approximate surface area is 94.9 Å². The maximum Gasteiger partial charge on any atom is 0.167 e. The maximum absolute atomic E-state index is 9.83. The van der Waals surface area contributed by atoms with Gasteiger partial charge in [-0.05, 0) is 13.3 Å². The number of nitrogens with zero attached hydrogens (tertiary/aromatic N) is 2. The minimum atomic E-state index is -0.780. The van der Waals surface area contributed by atoms with Crippen molar-refractivity contribution in [3.63, 3.8) is 0 Å². The zero-order chi connectivity index (χ0) is 11.5. The molecule has 0 radical (unpaired) electrons. The molecule has 0 spiro atoms. The van der Waals surface area contributed by atoms with Crippen molar-refractivity contribution in [2.24, 2.45) is 12.8 Å². The van der Waals surface area contributed by atoms with Crippen molar-refractivity contribution in [1.82, 2.24) is 9.55 Å². The molecule has 0 saturated heterocycles. The summed E-state index contributed by atoms with van der Waals surface area (Å²) < 4.78 is 1.97. The summed E-state index contributed by atoms with van der Waals surface area (Å²) in [5, 5.41) is 11.1. The fourth-order valence-corrected chi connectivity index (χ4v) is 2.54. The largest absolute Gasteiger partial charge is 0.389 e. The Morgan fingerprint density at radius 2 is 2.40 bits per heavy atom. The average Bonchev–Trinajstić information content (AvgIpc) is 2.51. The number of hydrogen-bond donors (Lipinski definition) is 2. The van der Waals surface area contributed by atoms with Crippen molar-refractivity contribution in [2.45, 2.75) is 36.3 Å². The van der Waals surface area contributed by atoms with E-state index in [1.54, 1.807) is 24.9 Å². The molecule has 0 amide bonds. The molecule has 0 aliphatic rings. The number of aryl methyl sites for hydroxylation is 1. The second-order valence-corrected chi connectivity index (χ2v) is 5.56. The summed E-state index contributed by atoms with van der Waals surface area (Å²) in [5.74, 6) is 0. The van der Waals surface area contributed by atoms with Gasteiger partial charge in [-0.3, -0.25) is 0 Å². The van der Waals surface area contributed by atoms with Gasteiger partial charge in [-0.25, -0.2) is 4.98 Å². The highest BCUT2D eigenvalue weighted by molar-refractivity contribution is 7.99. The second kappa shape index (κ2) is 5.01. The summed E-state index contributed by atoms with van der Waals surface area (Å²) in [7, 11) is 1.96. The third-order valence-corrected chi connectivity index (χ3v) is 3.42. The number of aromatic nitrogens is 2. The highest BCUT2D eigenvalue weighted by Crippen LogP contribution is 2.26. The Hall–Kier alpha value is -0.520. The molecule has 0 bridgehead atoms. The topological polar surface area (TPSA) is 64.1 Å². The minimum Gasteiger partial charge on any atom is -0.389 e. The molecule has 5 heteroatoms. The second-order valence-electron chi connectivity index (χ2n) is 4.15. The van der Waals surface area contributed by atoms with Crippen LogP contribution in [0.15, 0.2) is 17.6 Å². The molecule has 1 aromatic heterocycles. The number of rotatable bonds is 5. The van der Waals surface area contributed by atoms with E-state index in [2.05, 4.69) is 11.9 Å². The maximum atomic E-state index is 9.83. The number of nitrogens with two attached hydrogens (primary N) is 1.